The van der Waals surface area contributed by atoms with Gasteiger partial charge in [0, 0.05) is 32.1 Å². The monoisotopic (exact) mass is 386 g/mol. The second-order valence-electron chi connectivity index (χ2n) is 6.83. The van der Waals surface area contributed by atoms with Crippen molar-refractivity contribution in [2.75, 3.05) is 33.8 Å². The fourth-order valence-electron chi connectivity index (χ4n) is 3.46. The molecule has 2 N–H and O–H groups in total. The van der Waals surface area contributed by atoms with Gasteiger partial charge in [-0.3, -0.25) is 9.89 Å². The van der Waals surface area contributed by atoms with Crippen molar-refractivity contribution in [1.82, 2.24) is 15.5 Å². The Bertz CT molecular complexity index is 693. The molecule has 5 nitrogen and oxygen atoms in total. The number of hydrogen-bond donors (Lipinski definition) is 2. The van der Waals surface area contributed by atoms with Crippen molar-refractivity contribution in [1.29, 1.82) is 0 Å². The number of ether oxygens (including phenoxy) is 1. The molecule has 0 radical (unpaired) electrons. The van der Waals surface area contributed by atoms with Gasteiger partial charge in [-0.2, -0.15) is 0 Å². The number of benzene rings is 1. The van der Waals surface area contributed by atoms with Gasteiger partial charge in [0.15, 0.2) is 5.96 Å². The van der Waals surface area contributed by atoms with E-state index in [1.807, 2.05) is 18.4 Å². The van der Waals surface area contributed by atoms with E-state index in [1.54, 1.807) is 7.11 Å². The first-order valence-electron chi connectivity index (χ1n) is 9.59. The second kappa shape index (κ2) is 10.4. The van der Waals surface area contributed by atoms with Crippen LogP contribution in [0, 0.1) is 0 Å². The number of nitrogens with zero attached hydrogens (tertiary/aromatic N) is 2. The van der Waals surface area contributed by atoms with Gasteiger partial charge in [-0.05, 0) is 48.5 Å². The minimum absolute atomic E-state index is 0.416. The average molecular weight is 387 g/mol. The maximum absolute atomic E-state index is 5.16. The van der Waals surface area contributed by atoms with Gasteiger partial charge in [-0.1, -0.05) is 30.3 Å². The number of nitrogens with one attached hydrogen (secondary N) is 2. The molecular formula is C21H30N4OS. The van der Waals surface area contributed by atoms with Crippen LogP contribution in [0.5, 0.6) is 0 Å². The van der Waals surface area contributed by atoms with E-state index < -0.39 is 0 Å². The van der Waals surface area contributed by atoms with Crippen LogP contribution < -0.4 is 10.6 Å². The topological polar surface area (TPSA) is 48.9 Å². The van der Waals surface area contributed by atoms with Gasteiger partial charge in [0.25, 0.3) is 0 Å². The number of likely N-dealkylation sites (tertiary alicyclic amines) is 1. The maximum Gasteiger partial charge on any atom is 0.191 e. The summed E-state index contributed by atoms with van der Waals surface area (Å²) in [5.74, 6) is 0.844. The quantitative estimate of drug-likeness (QED) is 0.539. The molecule has 0 saturated carbocycles. The molecule has 2 aromatic rings. The molecule has 1 aliphatic heterocycles. The zero-order valence-corrected chi connectivity index (χ0v) is 17.1. The Morgan fingerprint density at radius 3 is 2.52 bits per heavy atom. The van der Waals surface area contributed by atoms with Crippen molar-refractivity contribution < 1.29 is 4.74 Å². The third-order valence-corrected chi connectivity index (χ3v) is 5.91. The van der Waals surface area contributed by atoms with E-state index in [9.17, 15) is 0 Å². The predicted octanol–water partition coefficient (Wildman–Crippen LogP) is 3.40. The van der Waals surface area contributed by atoms with Gasteiger partial charge in [0.1, 0.15) is 0 Å². The SMILES string of the molecule is CN=C(NCc1ccc(COC)cc1)NCC(c1cccs1)N1CCCC1. The maximum atomic E-state index is 5.16. The van der Waals surface area contributed by atoms with Crippen molar-refractivity contribution in [3.8, 4) is 0 Å². The van der Waals surface area contributed by atoms with Gasteiger partial charge in [0.2, 0.25) is 0 Å². The van der Waals surface area contributed by atoms with E-state index in [-0.39, 0.29) is 0 Å². The van der Waals surface area contributed by atoms with Gasteiger partial charge in [0.05, 0.1) is 12.6 Å². The summed E-state index contributed by atoms with van der Waals surface area (Å²) < 4.78 is 5.16. The molecule has 1 fully saturated rings. The van der Waals surface area contributed by atoms with Gasteiger partial charge in [-0.15, -0.1) is 11.3 Å². The molecule has 6 heteroatoms. The number of methoxy groups -OCH3 is 1. The van der Waals surface area contributed by atoms with Crippen LogP contribution >= 0.6 is 11.3 Å². The highest BCUT2D eigenvalue weighted by atomic mass is 32.1. The fourth-order valence-corrected chi connectivity index (χ4v) is 4.32. The summed E-state index contributed by atoms with van der Waals surface area (Å²) in [5, 5.41) is 9.11. The summed E-state index contributed by atoms with van der Waals surface area (Å²) in [5.41, 5.74) is 2.42. The Kier molecular flexibility index (Phi) is 7.68. The highest BCUT2D eigenvalue weighted by Crippen LogP contribution is 2.27. The molecule has 3 rings (SSSR count). The molecule has 1 saturated heterocycles. The summed E-state index contributed by atoms with van der Waals surface area (Å²) in [6.07, 6.45) is 2.60. The number of guanidine groups is 1. The van der Waals surface area contributed by atoms with Crippen molar-refractivity contribution in [3.05, 3.63) is 57.8 Å². The van der Waals surface area contributed by atoms with Crippen LogP contribution in [-0.2, 0) is 17.9 Å². The Balaban J connectivity index is 1.53. The van der Waals surface area contributed by atoms with Gasteiger partial charge < -0.3 is 15.4 Å². The minimum atomic E-state index is 0.416. The number of aliphatic imine (C=N–C) groups is 1. The molecular weight excluding hydrogens is 356 g/mol. The van der Waals surface area contributed by atoms with E-state index in [1.165, 1.54) is 41.9 Å². The third-order valence-electron chi connectivity index (χ3n) is 4.93. The minimum Gasteiger partial charge on any atom is -0.380 e. The molecule has 1 atom stereocenters. The van der Waals surface area contributed by atoms with Crippen molar-refractivity contribution in [2.45, 2.75) is 32.0 Å². The molecule has 27 heavy (non-hydrogen) atoms. The fraction of sp³-hybridized carbons (Fsp3) is 0.476. The largest absolute Gasteiger partial charge is 0.380 e. The lowest BCUT2D eigenvalue weighted by Gasteiger charge is -2.27. The lowest BCUT2D eigenvalue weighted by molar-refractivity contribution is 0.185. The molecule has 0 bridgehead atoms. The summed E-state index contributed by atoms with van der Waals surface area (Å²) in [4.78, 5) is 8.40. The zero-order chi connectivity index (χ0) is 18.9. The van der Waals surface area contributed by atoms with Crippen molar-refractivity contribution in [3.63, 3.8) is 0 Å². The van der Waals surface area contributed by atoms with Crippen LogP contribution in [0.1, 0.15) is 34.9 Å². The summed E-state index contributed by atoms with van der Waals surface area (Å²) in [6, 6.07) is 13.3. The second-order valence-corrected chi connectivity index (χ2v) is 7.81. The smallest absolute Gasteiger partial charge is 0.191 e. The molecule has 1 unspecified atom stereocenters. The first-order valence-corrected chi connectivity index (χ1v) is 10.5. The number of hydrogen-bond acceptors (Lipinski definition) is 4. The van der Waals surface area contributed by atoms with Crippen molar-refractivity contribution in [2.24, 2.45) is 4.99 Å². The van der Waals surface area contributed by atoms with Crippen molar-refractivity contribution >= 4 is 17.3 Å². The summed E-state index contributed by atoms with van der Waals surface area (Å²) in [6.45, 7) is 4.64. The zero-order valence-electron chi connectivity index (χ0n) is 16.3. The van der Waals surface area contributed by atoms with Crippen LogP contribution in [0.3, 0.4) is 0 Å². The normalized spacial score (nSPS) is 16.4. The first kappa shape index (κ1) is 19.9. The molecule has 0 amide bonds. The van der Waals surface area contributed by atoms with Gasteiger partial charge in [-0.25, -0.2) is 0 Å². The Morgan fingerprint density at radius 2 is 1.89 bits per heavy atom. The summed E-state index contributed by atoms with van der Waals surface area (Å²) >= 11 is 1.84. The molecule has 0 spiro atoms. The average Bonchev–Trinajstić information content (AvgIpc) is 3.40. The number of rotatable bonds is 8. The Morgan fingerprint density at radius 1 is 1.15 bits per heavy atom. The molecule has 1 aromatic carbocycles. The third kappa shape index (κ3) is 5.79. The van der Waals surface area contributed by atoms with Crippen LogP contribution in [0.15, 0.2) is 46.8 Å². The van der Waals surface area contributed by atoms with E-state index in [0.29, 0.717) is 12.6 Å². The van der Waals surface area contributed by atoms with E-state index in [4.69, 9.17) is 4.74 Å². The highest BCUT2D eigenvalue weighted by Gasteiger charge is 2.24. The van der Waals surface area contributed by atoms with E-state index in [0.717, 1.165) is 19.0 Å². The molecule has 1 aromatic heterocycles. The first-order chi connectivity index (χ1) is 13.3. The predicted molar refractivity (Wildman–Crippen MR) is 113 cm³/mol. The molecule has 0 aliphatic carbocycles. The Labute approximate surface area is 166 Å². The van der Waals surface area contributed by atoms with Gasteiger partial charge >= 0.3 is 0 Å². The van der Waals surface area contributed by atoms with E-state index >= 15 is 0 Å². The summed E-state index contributed by atoms with van der Waals surface area (Å²) in [7, 11) is 3.55. The molecule has 2 heterocycles. The molecule has 1 aliphatic rings. The molecule has 146 valence electrons. The Hall–Kier alpha value is -1.89. The van der Waals surface area contributed by atoms with E-state index in [2.05, 4.69) is 62.3 Å². The van der Waals surface area contributed by atoms with Crippen LogP contribution in [-0.4, -0.2) is 44.7 Å². The van der Waals surface area contributed by atoms with Crippen LogP contribution in [0.25, 0.3) is 0 Å². The standard InChI is InChI=1S/C21H30N4OS/c1-22-21(23-14-17-7-9-18(10-8-17)16-26-2)24-15-19(20-6-5-13-27-20)25-11-3-4-12-25/h5-10,13,19H,3-4,11-12,14-16H2,1-2H3,(H2,22,23,24). The number of thiophene rings is 1. The van der Waals surface area contributed by atoms with Crippen LogP contribution in [0.4, 0.5) is 0 Å². The lowest BCUT2D eigenvalue weighted by Crippen LogP contribution is -2.42. The highest BCUT2D eigenvalue weighted by molar-refractivity contribution is 7.10. The lowest BCUT2D eigenvalue weighted by atomic mass is 10.1. The van der Waals surface area contributed by atoms with Crippen LogP contribution in [0.2, 0.25) is 0 Å².